The maximum atomic E-state index is 4.23. The first kappa shape index (κ1) is 8.54. The summed E-state index contributed by atoms with van der Waals surface area (Å²) in [7, 11) is 0. The van der Waals surface area contributed by atoms with Crippen LogP contribution in [0.2, 0.25) is 0 Å². The van der Waals surface area contributed by atoms with Crippen LogP contribution in [0.25, 0.3) is 0 Å². The van der Waals surface area contributed by atoms with Gasteiger partial charge in [0.1, 0.15) is 5.82 Å². The van der Waals surface area contributed by atoms with Gasteiger partial charge < -0.3 is 4.90 Å². The van der Waals surface area contributed by atoms with Crippen LogP contribution in [0, 0.1) is 12.1 Å². The van der Waals surface area contributed by atoms with Crippen LogP contribution in [0.3, 0.4) is 0 Å². The van der Waals surface area contributed by atoms with Gasteiger partial charge in [0.2, 0.25) is 0 Å². The molecular weight excluding hydrogens is 160 g/mol. The molecule has 0 saturated carbocycles. The van der Waals surface area contributed by atoms with Gasteiger partial charge in [0.15, 0.2) is 0 Å². The van der Waals surface area contributed by atoms with Gasteiger partial charge in [0, 0.05) is 13.1 Å². The fourth-order valence-corrected chi connectivity index (χ4v) is 1.73. The second-order valence-corrected chi connectivity index (χ2v) is 3.79. The molecule has 2 nitrogen and oxygen atoms in total. The molecule has 0 aromatic carbocycles. The minimum absolute atomic E-state index is 0.879. The number of anilines is 1. The topological polar surface area (TPSA) is 16.1 Å². The molecule has 0 spiro atoms. The lowest BCUT2D eigenvalue weighted by atomic mass is 9.99. The van der Waals surface area contributed by atoms with Gasteiger partial charge in [-0.05, 0) is 30.9 Å². The lowest BCUT2D eigenvalue weighted by molar-refractivity contribution is 0.436. The van der Waals surface area contributed by atoms with Gasteiger partial charge >= 0.3 is 0 Å². The zero-order valence-corrected chi connectivity index (χ0v) is 8.03. The van der Waals surface area contributed by atoms with Crippen molar-refractivity contribution in [2.24, 2.45) is 5.92 Å². The molecule has 1 aromatic heterocycles. The molecule has 1 aliphatic rings. The molecule has 0 aliphatic carbocycles. The fourth-order valence-electron chi connectivity index (χ4n) is 1.73. The summed E-state index contributed by atoms with van der Waals surface area (Å²) in [6.07, 6.45) is 5.45. The van der Waals surface area contributed by atoms with E-state index in [4.69, 9.17) is 0 Å². The van der Waals surface area contributed by atoms with E-state index in [-0.39, 0.29) is 0 Å². The molecule has 2 heterocycles. The largest absolute Gasteiger partial charge is 0.357 e. The molecule has 1 fully saturated rings. The molecule has 69 valence electrons. The molecule has 1 radical (unpaired) electrons. The van der Waals surface area contributed by atoms with Crippen molar-refractivity contribution in [1.29, 1.82) is 0 Å². The second kappa shape index (κ2) is 3.77. The van der Waals surface area contributed by atoms with Crippen molar-refractivity contribution in [2.45, 2.75) is 19.8 Å². The Balaban J connectivity index is 2.03. The zero-order valence-electron chi connectivity index (χ0n) is 8.03. The first-order valence-corrected chi connectivity index (χ1v) is 4.94. The van der Waals surface area contributed by atoms with Crippen LogP contribution in [-0.4, -0.2) is 18.1 Å². The van der Waals surface area contributed by atoms with Crippen LogP contribution in [0.5, 0.6) is 0 Å². The van der Waals surface area contributed by atoms with Gasteiger partial charge in [-0.3, -0.25) is 0 Å². The Morgan fingerprint density at radius 2 is 2.23 bits per heavy atom. The SMILES string of the molecule is CC1CCN(c2ccc[c]n2)CC1. The monoisotopic (exact) mass is 175 g/mol. The molecule has 2 heteroatoms. The van der Waals surface area contributed by atoms with Gasteiger partial charge in [0.25, 0.3) is 0 Å². The van der Waals surface area contributed by atoms with Crippen LogP contribution in [-0.2, 0) is 0 Å². The van der Waals surface area contributed by atoms with Crippen molar-refractivity contribution in [2.75, 3.05) is 18.0 Å². The molecule has 0 atom stereocenters. The van der Waals surface area contributed by atoms with Crippen molar-refractivity contribution in [3.63, 3.8) is 0 Å². The minimum Gasteiger partial charge on any atom is -0.357 e. The summed E-state index contributed by atoms with van der Waals surface area (Å²) in [5.41, 5.74) is 0. The Morgan fingerprint density at radius 1 is 1.46 bits per heavy atom. The maximum Gasteiger partial charge on any atom is 0.129 e. The van der Waals surface area contributed by atoms with Gasteiger partial charge in [-0.15, -0.1) is 0 Å². The van der Waals surface area contributed by atoms with E-state index in [1.165, 1.54) is 12.8 Å². The predicted molar refractivity (Wildman–Crippen MR) is 53.7 cm³/mol. The third kappa shape index (κ3) is 2.00. The predicted octanol–water partition coefficient (Wildman–Crippen LogP) is 2.12. The van der Waals surface area contributed by atoms with E-state index in [2.05, 4.69) is 29.1 Å². The molecular formula is C11H15N2. The normalized spacial score (nSPS) is 19.0. The first-order valence-electron chi connectivity index (χ1n) is 4.94. The highest BCUT2D eigenvalue weighted by molar-refractivity contribution is 5.37. The number of nitrogens with zero attached hydrogens (tertiary/aromatic N) is 2. The maximum absolute atomic E-state index is 4.23. The lowest BCUT2D eigenvalue weighted by Crippen LogP contribution is -2.33. The third-order valence-electron chi connectivity index (χ3n) is 2.70. The molecule has 2 rings (SSSR count). The number of hydrogen-bond acceptors (Lipinski definition) is 2. The highest BCUT2D eigenvalue weighted by atomic mass is 15.2. The van der Waals surface area contributed by atoms with E-state index in [1.54, 1.807) is 0 Å². The highest BCUT2D eigenvalue weighted by Crippen LogP contribution is 2.20. The average molecular weight is 175 g/mol. The van der Waals surface area contributed by atoms with Gasteiger partial charge in [-0.25, -0.2) is 4.98 Å². The summed E-state index contributed by atoms with van der Waals surface area (Å²) in [6.45, 7) is 4.61. The Bertz CT molecular complexity index is 250. The number of pyridine rings is 1. The van der Waals surface area contributed by atoms with E-state index in [0.29, 0.717) is 0 Å². The van der Waals surface area contributed by atoms with Crippen LogP contribution in [0.15, 0.2) is 18.2 Å². The summed E-state index contributed by atoms with van der Waals surface area (Å²) in [5, 5.41) is 0. The van der Waals surface area contributed by atoms with Crippen molar-refractivity contribution in [1.82, 2.24) is 4.98 Å². The lowest BCUT2D eigenvalue weighted by Gasteiger charge is -2.30. The second-order valence-electron chi connectivity index (χ2n) is 3.79. The summed E-state index contributed by atoms with van der Waals surface area (Å²) in [5.74, 6) is 1.96. The first-order chi connectivity index (χ1) is 6.36. The molecule has 13 heavy (non-hydrogen) atoms. The summed E-state index contributed by atoms with van der Waals surface area (Å²) in [6, 6.07) is 5.91. The van der Waals surface area contributed by atoms with Crippen molar-refractivity contribution < 1.29 is 0 Å². The Kier molecular flexibility index (Phi) is 2.48. The Morgan fingerprint density at radius 3 is 2.85 bits per heavy atom. The van der Waals surface area contributed by atoms with Crippen molar-refractivity contribution in [3.8, 4) is 0 Å². The smallest absolute Gasteiger partial charge is 0.129 e. The van der Waals surface area contributed by atoms with E-state index < -0.39 is 0 Å². The molecule has 0 amide bonds. The van der Waals surface area contributed by atoms with E-state index in [1.807, 2.05) is 12.1 Å². The molecule has 1 aliphatic heterocycles. The van der Waals surface area contributed by atoms with Crippen LogP contribution < -0.4 is 4.90 Å². The van der Waals surface area contributed by atoms with Crippen LogP contribution in [0.1, 0.15) is 19.8 Å². The van der Waals surface area contributed by atoms with Gasteiger partial charge in [-0.1, -0.05) is 13.0 Å². The fraction of sp³-hybridized carbons (Fsp3) is 0.545. The van der Waals surface area contributed by atoms with Crippen molar-refractivity contribution in [3.05, 3.63) is 24.4 Å². The van der Waals surface area contributed by atoms with Gasteiger partial charge in [0.05, 0.1) is 6.20 Å². The number of hydrogen-bond donors (Lipinski definition) is 0. The molecule has 0 bridgehead atoms. The summed E-state index contributed by atoms with van der Waals surface area (Å²) < 4.78 is 0. The molecule has 1 saturated heterocycles. The standard InChI is InChI=1S/C11H15N2/c1-10-5-8-13(9-6-10)11-4-2-3-7-12-11/h2-4,10H,5-6,8-9H2,1H3. The Hall–Kier alpha value is -1.05. The number of aromatic nitrogens is 1. The molecule has 0 N–H and O–H groups in total. The zero-order chi connectivity index (χ0) is 9.10. The van der Waals surface area contributed by atoms with E-state index in [0.717, 1.165) is 24.8 Å². The number of piperidine rings is 1. The van der Waals surface area contributed by atoms with E-state index >= 15 is 0 Å². The van der Waals surface area contributed by atoms with Crippen LogP contribution in [0.4, 0.5) is 5.82 Å². The van der Waals surface area contributed by atoms with Crippen molar-refractivity contribution >= 4 is 5.82 Å². The van der Waals surface area contributed by atoms with Gasteiger partial charge in [-0.2, -0.15) is 0 Å². The van der Waals surface area contributed by atoms with E-state index in [9.17, 15) is 0 Å². The highest BCUT2D eigenvalue weighted by Gasteiger charge is 2.15. The third-order valence-corrected chi connectivity index (χ3v) is 2.70. The Labute approximate surface area is 79.6 Å². The van der Waals surface area contributed by atoms with Crippen LogP contribution >= 0.6 is 0 Å². The summed E-state index contributed by atoms with van der Waals surface area (Å²) >= 11 is 0. The quantitative estimate of drug-likeness (QED) is 0.650. The molecule has 0 unspecified atom stereocenters. The minimum atomic E-state index is 0.879. The summed E-state index contributed by atoms with van der Waals surface area (Å²) in [4.78, 5) is 6.57. The molecule has 1 aromatic rings. The number of rotatable bonds is 1. The average Bonchev–Trinajstić information content (AvgIpc) is 2.20.